The van der Waals surface area contributed by atoms with E-state index in [1.165, 1.54) is 19.3 Å². The van der Waals surface area contributed by atoms with Crippen LogP contribution in [0.25, 0.3) is 0 Å². The van der Waals surface area contributed by atoms with E-state index in [2.05, 4.69) is 17.4 Å². The van der Waals surface area contributed by atoms with Gasteiger partial charge in [-0.3, -0.25) is 4.79 Å². The van der Waals surface area contributed by atoms with Gasteiger partial charge in [0.15, 0.2) is 0 Å². The van der Waals surface area contributed by atoms with Crippen LogP contribution in [0.3, 0.4) is 0 Å². The summed E-state index contributed by atoms with van der Waals surface area (Å²) in [7, 11) is 0. The SMILES string of the molecule is CC(NC(=O)C1C2CCCC21)c1ccc(CN)cc1. The van der Waals surface area contributed by atoms with Gasteiger partial charge in [-0.2, -0.15) is 0 Å². The largest absolute Gasteiger partial charge is 0.349 e. The monoisotopic (exact) mass is 258 g/mol. The minimum atomic E-state index is 0.0839. The zero-order chi connectivity index (χ0) is 13.4. The molecule has 2 aliphatic rings. The molecule has 0 bridgehead atoms. The third-order valence-electron chi connectivity index (χ3n) is 4.78. The number of carbonyl (C=O) groups is 1. The molecule has 1 amide bonds. The van der Waals surface area contributed by atoms with Crippen LogP contribution < -0.4 is 11.1 Å². The highest BCUT2D eigenvalue weighted by Gasteiger charge is 2.56. The first-order chi connectivity index (χ1) is 9.20. The molecule has 0 aliphatic heterocycles. The van der Waals surface area contributed by atoms with Gasteiger partial charge in [-0.1, -0.05) is 30.7 Å². The Morgan fingerprint density at radius 2 is 1.95 bits per heavy atom. The Morgan fingerprint density at radius 3 is 2.53 bits per heavy atom. The van der Waals surface area contributed by atoms with Crippen LogP contribution in [-0.2, 0) is 11.3 Å². The van der Waals surface area contributed by atoms with Crippen molar-refractivity contribution in [2.75, 3.05) is 0 Å². The van der Waals surface area contributed by atoms with Crippen LogP contribution >= 0.6 is 0 Å². The predicted octanol–water partition coefficient (Wildman–Crippen LogP) is 2.37. The molecule has 3 rings (SSSR count). The molecule has 0 radical (unpaired) electrons. The summed E-state index contributed by atoms with van der Waals surface area (Å²) in [4.78, 5) is 12.2. The molecular formula is C16H22N2O. The lowest BCUT2D eigenvalue weighted by Crippen LogP contribution is -2.29. The van der Waals surface area contributed by atoms with Crippen LogP contribution in [0.4, 0.5) is 0 Å². The molecule has 19 heavy (non-hydrogen) atoms. The van der Waals surface area contributed by atoms with Gasteiger partial charge in [-0.05, 0) is 42.7 Å². The molecule has 3 heteroatoms. The van der Waals surface area contributed by atoms with Crippen molar-refractivity contribution in [3.63, 3.8) is 0 Å². The number of carbonyl (C=O) groups excluding carboxylic acids is 1. The normalized spacial score (nSPS) is 29.7. The maximum Gasteiger partial charge on any atom is 0.224 e. The maximum absolute atomic E-state index is 12.2. The zero-order valence-electron chi connectivity index (χ0n) is 11.4. The smallest absolute Gasteiger partial charge is 0.224 e. The van der Waals surface area contributed by atoms with E-state index in [4.69, 9.17) is 5.73 Å². The maximum atomic E-state index is 12.2. The minimum Gasteiger partial charge on any atom is -0.349 e. The van der Waals surface area contributed by atoms with Crippen molar-refractivity contribution in [1.82, 2.24) is 5.32 Å². The van der Waals surface area contributed by atoms with Gasteiger partial charge in [0.1, 0.15) is 0 Å². The lowest BCUT2D eigenvalue weighted by atomic mass is 10.1. The highest BCUT2D eigenvalue weighted by Crippen LogP contribution is 2.57. The summed E-state index contributed by atoms with van der Waals surface area (Å²) in [6.07, 6.45) is 3.82. The third-order valence-corrected chi connectivity index (χ3v) is 4.78. The summed E-state index contributed by atoms with van der Waals surface area (Å²) < 4.78 is 0. The van der Waals surface area contributed by atoms with Crippen LogP contribution in [0, 0.1) is 17.8 Å². The van der Waals surface area contributed by atoms with E-state index in [0.29, 0.717) is 24.3 Å². The molecule has 3 nitrogen and oxygen atoms in total. The minimum absolute atomic E-state index is 0.0839. The van der Waals surface area contributed by atoms with Crippen molar-refractivity contribution < 1.29 is 4.79 Å². The van der Waals surface area contributed by atoms with Gasteiger partial charge in [0, 0.05) is 12.5 Å². The fourth-order valence-electron chi connectivity index (χ4n) is 3.55. The van der Waals surface area contributed by atoms with E-state index < -0.39 is 0 Å². The number of hydrogen-bond acceptors (Lipinski definition) is 2. The van der Waals surface area contributed by atoms with Crippen molar-refractivity contribution in [2.45, 2.75) is 38.8 Å². The highest BCUT2D eigenvalue weighted by atomic mass is 16.2. The fraction of sp³-hybridized carbons (Fsp3) is 0.562. The van der Waals surface area contributed by atoms with E-state index >= 15 is 0 Å². The lowest BCUT2D eigenvalue weighted by molar-refractivity contribution is -0.123. The fourth-order valence-corrected chi connectivity index (χ4v) is 3.55. The average molecular weight is 258 g/mol. The molecule has 2 aliphatic carbocycles. The standard InChI is InChI=1S/C16H22N2O/c1-10(12-7-5-11(9-17)6-8-12)18-16(19)15-13-3-2-4-14(13)15/h5-8,10,13-15H,2-4,9,17H2,1H3,(H,18,19). The van der Waals surface area contributed by atoms with Gasteiger partial charge in [-0.25, -0.2) is 0 Å². The summed E-state index contributed by atoms with van der Waals surface area (Å²) in [6, 6.07) is 8.26. The van der Waals surface area contributed by atoms with Crippen molar-refractivity contribution in [3.05, 3.63) is 35.4 Å². The second-order valence-electron chi connectivity index (χ2n) is 5.96. The van der Waals surface area contributed by atoms with E-state index in [1.54, 1.807) is 0 Å². The summed E-state index contributed by atoms with van der Waals surface area (Å²) in [5.41, 5.74) is 7.86. The van der Waals surface area contributed by atoms with Gasteiger partial charge >= 0.3 is 0 Å². The second kappa shape index (κ2) is 4.97. The number of hydrogen-bond donors (Lipinski definition) is 2. The van der Waals surface area contributed by atoms with Gasteiger partial charge in [0.2, 0.25) is 5.91 Å². The molecule has 2 fully saturated rings. The van der Waals surface area contributed by atoms with E-state index in [0.717, 1.165) is 11.1 Å². The molecule has 0 spiro atoms. The van der Waals surface area contributed by atoms with Gasteiger partial charge < -0.3 is 11.1 Å². The highest BCUT2D eigenvalue weighted by molar-refractivity contribution is 5.82. The van der Waals surface area contributed by atoms with Crippen molar-refractivity contribution in [1.29, 1.82) is 0 Å². The number of fused-ring (bicyclic) bond motifs is 1. The second-order valence-corrected chi connectivity index (χ2v) is 5.96. The van der Waals surface area contributed by atoms with Crippen molar-refractivity contribution >= 4 is 5.91 Å². The van der Waals surface area contributed by atoms with Crippen LogP contribution in [0.15, 0.2) is 24.3 Å². The van der Waals surface area contributed by atoms with Gasteiger partial charge in [0.25, 0.3) is 0 Å². The number of benzene rings is 1. The predicted molar refractivity (Wildman–Crippen MR) is 75.2 cm³/mol. The van der Waals surface area contributed by atoms with Crippen LogP contribution in [0.2, 0.25) is 0 Å². The van der Waals surface area contributed by atoms with E-state index in [1.807, 2.05) is 19.1 Å². The Balaban J connectivity index is 1.58. The molecule has 0 heterocycles. The third kappa shape index (κ3) is 2.39. The summed E-state index contributed by atoms with van der Waals surface area (Å²) in [5, 5.41) is 3.15. The Hall–Kier alpha value is -1.35. The van der Waals surface area contributed by atoms with Gasteiger partial charge in [-0.15, -0.1) is 0 Å². The first kappa shape index (κ1) is 12.7. The molecule has 0 saturated heterocycles. The number of nitrogens with two attached hydrogens (primary N) is 1. The molecule has 3 unspecified atom stereocenters. The van der Waals surface area contributed by atoms with E-state index in [-0.39, 0.29) is 11.9 Å². The van der Waals surface area contributed by atoms with Gasteiger partial charge in [0.05, 0.1) is 6.04 Å². The van der Waals surface area contributed by atoms with Crippen molar-refractivity contribution in [3.8, 4) is 0 Å². The lowest BCUT2D eigenvalue weighted by Gasteiger charge is -2.15. The molecule has 102 valence electrons. The number of amides is 1. The quantitative estimate of drug-likeness (QED) is 0.871. The molecule has 2 saturated carbocycles. The van der Waals surface area contributed by atoms with Crippen molar-refractivity contribution in [2.24, 2.45) is 23.5 Å². The number of rotatable bonds is 4. The van der Waals surface area contributed by atoms with E-state index in [9.17, 15) is 4.79 Å². The molecule has 1 aromatic carbocycles. The topological polar surface area (TPSA) is 55.1 Å². The molecule has 1 aromatic rings. The first-order valence-corrected chi connectivity index (χ1v) is 7.30. The first-order valence-electron chi connectivity index (χ1n) is 7.30. The Labute approximate surface area is 114 Å². The molecule has 3 N–H and O–H groups in total. The Kier molecular flexibility index (Phi) is 3.31. The molecule has 0 aromatic heterocycles. The number of nitrogens with one attached hydrogen (secondary N) is 1. The van der Waals surface area contributed by atoms with Crippen LogP contribution in [0.5, 0.6) is 0 Å². The Morgan fingerprint density at radius 1 is 1.32 bits per heavy atom. The summed E-state index contributed by atoms with van der Waals surface area (Å²) >= 11 is 0. The Bertz CT molecular complexity index is 458. The molecular weight excluding hydrogens is 236 g/mol. The average Bonchev–Trinajstić information content (AvgIpc) is 2.92. The van der Waals surface area contributed by atoms with Crippen LogP contribution in [-0.4, -0.2) is 5.91 Å². The zero-order valence-corrected chi connectivity index (χ0v) is 11.4. The van der Waals surface area contributed by atoms with Crippen LogP contribution in [0.1, 0.15) is 43.4 Å². The molecule has 3 atom stereocenters. The summed E-state index contributed by atoms with van der Waals surface area (Å²) in [5.74, 6) is 1.93. The summed E-state index contributed by atoms with van der Waals surface area (Å²) in [6.45, 7) is 2.61.